The number of carbonyl (C=O) groups excluding carboxylic acids is 3. The summed E-state index contributed by atoms with van der Waals surface area (Å²) < 4.78 is 15.9. The highest BCUT2D eigenvalue weighted by atomic mass is 16.5. The predicted octanol–water partition coefficient (Wildman–Crippen LogP) is 2.31. The Kier molecular flexibility index (Phi) is 9.18. The zero-order valence-corrected chi connectivity index (χ0v) is 16.9. The topological polar surface area (TPSA) is 108 Å². The molecule has 0 aliphatic heterocycles. The van der Waals surface area contributed by atoms with E-state index >= 15 is 0 Å². The van der Waals surface area contributed by atoms with Crippen molar-refractivity contribution in [3.05, 3.63) is 54.6 Å². The fraction of sp³-hybridized carbons (Fsp3) is 0.318. The number of benzene rings is 2. The van der Waals surface area contributed by atoms with E-state index in [2.05, 4.69) is 0 Å². The monoisotopic (exact) mass is 414 g/mol. The minimum atomic E-state index is -0.558. The molecule has 0 unspecified atom stereocenters. The van der Waals surface area contributed by atoms with Crippen molar-refractivity contribution in [1.29, 1.82) is 0 Å². The Hall–Kier alpha value is -3.55. The van der Waals surface area contributed by atoms with Crippen molar-refractivity contribution in [2.45, 2.75) is 19.8 Å². The Morgan fingerprint density at radius 1 is 0.900 bits per heavy atom. The molecule has 160 valence electrons. The molecule has 0 bridgehead atoms. The zero-order valence-electron chi connectivity index (χ0n) is 16.9. The average molecular weight is 414 g/mol. The third-order valence-corrected chi connectivity index (χ3v) is 4.02. The van der Waals surface area contributed by atoms with E-state index in [1.54, 1.807) is 48.5 Å². The number of ether oxygens (including phenoxy) is 3. The molecule has 0 fully saturated rings. The van der Waals surface area contributed by atoms with Crippen LogP contribution in [0.5, 0.6) is 11.5 Å². The van der Waals surface area contributed by atoms with Crippen molar-refractivity contribution in [1.82, 2.24) is 0 Å². The van der Waals surface area contributed by atoms with Crippen LogP contribution >= 0.6 is 0 Å². The molecule has 0 spiro atoms. The van der Waals surface area contributed by atoms with Gasteiger partial charge in [-0.25, -0.2) is 0 Å². The van der Waals surface area contributed by atoms with E-state index in [0.717, 1.165) is 5.75 Å². The average Bonchev–Trinajstić information content (AvgIpc) is 2.74. The number of primary amides is 1. The van der Waals surface area contributed by atoms with Gasteiger partial charge >= 0.3 is 5.97 Å². The summed E-state index contributed by atoms with van der Waals surface area (Å²) in [5, 5.41) is 0. The number of para-hydroxylation sites is 1. The van der Waals surface area contributed by atoms with Gasteiger partial charge < -0.3 is 24.8 Å². The molecule has 0 aliphatic carbocycles. The number of nitrogens with zero attached hydrogens (tertiary/aromatic N) is 1. The van der Waals surface area contributed by atoms with Crippen molar-refractivity contribution in [3.8, 4) is 11.5 Å². The first-order valence-electron chi connectivity index (χ1n) is 9.64. The van der Waals surface area contributed by atoms with Gasteiger partial charge in [-0.15, -0.1) is 0 Å². The molecule has 0 aromatic heterocycles. The minimum absolute atomic E-state index is 0.00447. The lowest BCUT2D eigenvalue weighted by atomic mass is 10.2. The highest BCUT2D eigenvalue weighted by molar-refractivity contribution is 5.95. The largest absolute Gasteiger partial charge is 0.494 e. The molecule has 8 heteroatoms. The number of hydrogen-bond acceptors (Lipinski definition) is 6. The first-order valence-corrected chi connectivity index (χ1v) is 9.64. The zero-order chi connectivity index (χ0) is 21.8. The third kappa shape index (κ3) is 7.83. The number of hydrogen-bond donors (Lipinski definition) is 1. The number of amides is 2. The molecule has 0 saturated heterocycles. The molecule has 2 aromatic rings. The first-order chi connectivity index (χ1) is 14.5. The lowest BCUT2D eigenvalue weighted by molar-refractivity contribution is -0.148. The Labute approximate surface area is 175 Å². The number of anilines is 1. The summed E-state index contributed by atoms with van der Waals surface area (Å²) in [4.78, 5) is 36.9. The second-order valence-electron chi connectivity index (χ2n) is 6.26. The quantitative estimate of drug-likeness (QED) is 0.534. The van der Waals surface area contributed by atoms with Gasteiger partial charge in [-0.1, -0.05) is 18.2 Å². The molecule has 8 nitrogen and oxygen atoms in total. The summed E-state index contributed by atoms with van der Waals surface area (Å²) in [5.41, 5.74) is 5.78. The summed E-state index contributed by atoms with van der Waals surface area (Å²) in [7, 11) is 0. The minimum Gasteiger partial charge on any atom is -0.494 e. The number of rotatable bonds is 12. The van der Waals surface area contributed by atoms with Crippen molar-refractivity contribution in [3.63, 3.8) is 0 Å². The lowest BCUT2D eigenvalue weighted by Crippen LogP contribution is -2.37. The summed E-state index contributed by atoms with van der Waals surface area (Å²) in [5.74, 6) is -0.182. The van der Waals surface area contributed by atoms with Gasteiger partial charge in [0.1, 0.15) is 11.5 Å². The maximum atomic E-state index is 12.5. The maximum Gasteiger partial charge on any atom is 0.309 e. The maximum absolute atomic E-state index is 12.5. The van der Waals surface area contributed by atoms with Crippen molar-refractivity contribution in [2.75, 3.05) is 31.3 Å². The molecule has 30 heavy (non-hydrogen) atoms. The number of carbonyl (C=O) groups is 3. The van der Waals surface area contributed by atoms with E-state index < -0.39 is 24.4 Å². The summed E-state index contributed by atoms with van der Waals surface area (Å²) in [6.07, 6.45) is -0.00236. The van der Waals surface area contributed by atoms with Gasteiger partial charge in [-0.2, -0.15) is 0 Å². The predicted molar refractivity (Wildman–Crippen MR) is 111 cm³/mol. The second-order valence-corrected chi connectivity index (χ2v) is 6.26. The third-order valence-electron chi connectivity index (χ3n) is 4.02. The normalized spacial score (nSPS) is 10.2. The SMILES string of the molecule is CCOc1ccc(OCCC(=O)OCC(=O)N(CCC(N)=O)c2ccccc2)cc1. The van der Waals surface area contributed by atoms with Crippen LogP contribution in [0, 0.1) is 0 Å². The summed E-state index contributed by atoms with van der Waals surface area (Å²) in [6, 6.07) is 15.8. The Bertz CT molecular complexity index is 823. The van der Waals surface area contributed by atoms with Gasteiger partial charge in [0.25, 0.3) is 5.91 Å². The number of esters is 1. The smallest absolute Gasteiger partial charge is 0.309 e. The van der Waals surface area contributed by atoms with Gasteiger partial charge in [0.2, 0.25) is 5.91 Å². The van der Waals surface area contributed by atoms with Crippen molar-refractivity contribution >= 4 is 23.5 Å². The first kappa shape index (κ1) is 22.7. The van der Waals surface area contributed by atoms with Crippen LogP contribution in [0.4, 0.5) is 5.69 Å². The van der Waals surface area contributed by atoms with E-state index in [-0.39, 0.29) is 26.0 Å². The molecule has 2 N–H and O–H groups in total. The van der Waals surface area contributed by atoms with E-state index in [1.807, 2.05) is 13.0 Å². The summed E-state index contributed by atoms with van der Waals surface area (Å²) >= 11 is 0. The Morgan fingerprint density at radius 3 is 2.13 bits per heavy atom. The molecule has 0 saturated carbocycles. The van der Waals surface area contributed by atoms with Crippen LogP contribution in [0.15, 0.2) is 54.6 Å². The summed E-state index contributed by atoms with van der Waals surface area (Å²) in [6.45, 7) is 2.27. The fourth-order valence-electron chi connectivity index (χ4n) is 2.57. The van der Waals surface area contributed by atoms with Crippen LogP contribution in [-0.2, 0) is 19.1 Å². The molecular formula is C22H26N2O6. The van der Waals surface area contributed by atoms with E-state index in [0.29, 0.717) is 18.0 Å². The molecule has 2 amide bonds. The van der Waals surface area contributed by atoms with Crippen LogP contribution in [0.2, 0.25) is 0 Å². The Morgan fingerprint density at radius 2 is 1.53 bits per heavy atom. The van der Waals surface area contributed by atoms with Crippen LogP contribution in [0.3, 0.4) is 0 Å². The van der Waals surface area contributed by atoms with Gasteiger partial charge in [0, 0.05) is 18.7 Å². The van der Waals surface area contributed by atoms with Gasteiger partial charge in [0.15, 0.2) is 6.61 Å². The van der Waals surface area contributed by atoms with Gasteiger partial charge in [-0.05, 0) is 43.3 Å². The Balaban J connectivity index is 1.78. The van der Waals surface area contributed by atoms with Crippen LogP contribution in [0.25, 0.3) is 0 Å². The van der Waals surface area contributed by atoms with E-state index in [4.69, 9.17) is 19.9 Å². The molecule has 0 atom stereocenters. The highest BCUT2D eigenvalue weighted by Gasteiger charge is 2.18. The van der Waals surface area contributed by atoms with Crippen LogP contribution in [0.1, 0.15) is 19.8 Å². The second kappa shape index (κ2) is 12.1. The van der Waals surface area contributed by atoms with Crippen LogP contribution in [-0.4, -0.2) is 44.1 Å². The fourth-order valence-corrected chi connectivity index (χ4v) is 2.57. The molecule has 0 heterocycles. The molecule has 2 rings (SSSR count). The lowest BCUT2D eigenvalue weighted by Gasteiger charge is -2.22. The van der Waals surface area contributed by atoms with E-state index in [9.17, 15) is 14.4 Å². The number of nitrogens with two attached hydrogens (primary N) is 1. The van der Waals surface area contributed by atoms with Crippen molar-refractivity contribution in [2.24, 2.45) is 5.73 Å². The van der Waals surface area contributed by atoms with Gasteiger partial charge in [0.05, 0.1) is 19.6 Å². The standard InChI is InChI=1S/C22H26N2O6/c1-2-28-18-8-10-19(11-9-18)29-15-13-22(27)30-16-21(26)24(14-12-20(23)25)17-6-4-3-5-7-17/h3-11H,2,12-16H2,1H3,(H2,23,25). The van der Waals surface area contributed by atoms with Gasteiger partial charge in [-0.3, -0.25) is 14.4 Å². The molecule has 0 radical (unpaired) electrons. The highest BCUT2D eigenvalue weighted by Crippen LogP contribution is 2.18. The molecular weight excluding hydrogens is 388 g/mol. The molecule has 0 aliphatic rings. The van der Waals surface area contributed by atoms with Crippen LogP contribution < -0.4 is 20.1 Å². The van der Waals surface area contributed by atoms with Crippen molar-refractivity contribution < 1.29 is 28.6 Å². The molecule has 2 aromatic carbocycles. The van der Waals surface area contributed by atoms with E-state index in [1.165, 1.54) is 4.90 Å².